The third kappa shape index (κ3) is 7.01. The molecule has 0 spiro atoms. The Morgan fingerprint density at radius 1 is 1.15 bits per heavy atom. The van der Waals surface area contributed by atoms with Gasteiger partial charge in [0.25, 0.3) is 0 Å². The molecule has 242 valence electrons. The molecule has 2 N–H and O–H groups in total. The summed E-state index contributed by atoms with van der Waals surface area (Å²) in [4.78, 5) is 11.7. The molecule has 1 unspecified atom stereocenters. The molecule has 1 saturated heterocycles. The third-order valence-electron chi connectivity index (χ3n) is 9.05. The van der Waals surface area contributed by atoms with Gasteiger partial charge in [0.05, 0.1) is 30.1 Å². The van der Waals surface area contributed by atoms with Gasteiger partial charge in [-0.25, -0.2) is 9.97 Å². The van der Waals surface area contributed by atoms with E-state index in [1.165, 1.54) is 11.9 Å². The number of rotatable bonds is 11. The lowest BCUT2D eigenvalue weighted by Gasteiger charge is -2.33. The van der Waals surface area contributed by atoms with Crippen LogP contribution in [0.5, 0.6) is 0 Å². The van der Waals surface area contributed by atoms with Crippen LogP contribution in [-0.4, -0.2) is 70.4 Å². The molecule has 1 atom stereocenters. The molecule has 46 heavy (non-hydrogen) atoms. The molecule has 1 aromatic carbocycles. The molecular weight excluding hydrogens is 615 g/mol. The van der Waals surface area contributed by atoms with Gasteiger partial charge in [-0.1, -0.05) is 18.2 Å². The van der Waals surface area contributed by atoms with Gasteiger partial charge in [0.15, 0.2) is 0 Å². The molecule has 0 amide bonds. The van der Waals surface area contributed by atoms with Crippen molar-refractivity contribution in [3.63, 3.8) is 0 Å². The molecule has 1 aliphatic rings. The molecule has 10 nitrogen and oxygen atoms in total. The number of nitrogens with one attached hydrogen (secondary N) is 1. The first-order chi connectivity index (χ1) is 22.0. The minimum atomic E-state index is -4.26. The van der Waals surface area contributed by atoms with Gasteiger partial charge in [-0.15, -0.1) is 16.4 Å². The lowest BCUT2D eigenvalue weighted by Crippen LogP contribution is -2.39. The van der Waals surface area contributed by atoms with Crippen LogP contribution in [0.4, 0.5) is 19.0 Å². The summed E-state index contributed by atoms with van der Waals surface area (Å²) in [6.07, 6.45) is 2.30. The van der Waals surface area contributed by atoms with Gasteiger partial charge in [0, 0.05) is 54.2 Å². The van der Waals surface area contributed by atoms with Gasteiger partial charge in [0.2, 0.25) is 0 Å². The maximum Gasteiger partial charge on any atom is 0.393 e. The zero-order valence-corrected chi connectivity index (χ0v) is 26.6. The van der Waals surface area contributed by atoms with Crippen molar-refractivity contribution in [1.29, 1.82) is 5.26 Å². The standard InChI is InChI=1S/C32H36F3N9OS/c1-3-31(45,8-12-43-13-9-39-41-43)19-44-24(17-36)14-26-21(2)22(4-5-28(26)44)18-42-10-6-23(7-11-42)40-29-27-15-25(16-32(33,34)35)46-30(27)38-20-37-29/h4-5,9,13-15,20,23,45H,3,6-8,10-12,16,18-19H2,1-2H3,(H,37,38,40). The van der Waals surface area contributed by atoms with E-state index in [1.54, 1.807) is 23.1 Å². The lowest BCUT2D eigenvalue weighted by molar-refractivity contribution is -0.126. The topological polar surface area (TPSA) is 121 Å². The van der Waals surface area contributed by atoms with E-state index in [4.69, 9.17) is 0 Å². The number of aliphatic hydroxyl groups is 1. The lowest BCUT2D eigenvalue weighted by atomic mass is 9.96. The number of halogens is 3. The van der Waals surface area contributed by atoms with Crippen molar-refractivity contribution in [3.05, 3.63) is 64.7 Å². The number of fused-ring (bicyclic) bond motifs is 2. The minimum absolute atomic E-state index is 0.151. The molecule has 0 saturated carbocycles. The van der Waals surface area contributed by atoms with Crippen LogP contribution in [0.1, 0.15) is 54.3 Å². The van der Waals surface area contributed by atoms with Crippen LogP contribution >= 0.6 is 11.3 Å². The van der Waals surface area contributed by atoms with Crippen molar-refractivity contribution in [2.45, 2.75) is 83.4 Å². The van der Waals surface area contributed by atoms with Crippen LogP contribution in [0.25, 0.3) is 21.1 Å². The largest absolute Gasteiger partial charge is 0.393 e. The molecule has 6 rings (SSSR count). The van der Waals surface area contributed by atoms with Gasteiger partial charge in [-0.05, 0) is 61.9 Å². The van der Waals surface area contributed by atoms with Crippen molar-refractivity contribution < 1.29 is 18.3 Å². The highest BCUT2D eigenvalue weighted by molar-refractivity contribution is 7.18. The molecule has 14 heteroatoms. The summed E-state index contributed by atoms with van der Waals surface area (Å²) in [5.41, 5.74) is 2.73. The zero-order chi connectivity index (χ0) is 32.5. The Morgan fingerprint density at radius 2 is 1.96 bits per heavy atom. The molecule has 1 fully saturated rings. The van der Waals surface area contributed by atoms with Crippen molar-refractivity contribution in [2.75, 3.05) is 18.4 Å². The number of benzene rings is 1. The van der Waals surface area contributed by atoms with Gasteiger partial charge in [-0.2, -0.15) is 18.4 Å². The number of aromatic nitrogens is 6. The van der Waals surface area contributed by atoms with Crippen LogP contribution in [0.15, 0.2) is 43.0 Å². The van der Waals surface area contributed by atoms with Crippen molar-refractivity contribution >= 4 is 38.3 Å². The average Bonchev–Trinajstić information content (AvgIpc) is 3.77. The molecule has 4 aromatic heterocycles. The maximum atomic E-state index is 12.9. The highest BCUT2D eigenvalue weighted by Crippen LogP contribution is 2.34. The van der Waals surface area contributed by atoms with E-state index in [0.29, 0.717) is 47.7 Å². The number of aryl methyl sites for hydroxylation is 2. The third-order valence-corrected chi connectivity index (χ3v) is 10.1. The first-order valence-electron chi connectivity index (χ1n) is 15.4. The van der Waals surface area contributed by atoms with Crippen molar-refractivity contribution in [2.24, 2.45) is 0 Å². The summed E-state index contributed by atoms with van der Waals surface area (Å²) in [6.45, 7) is 7.34. The molecule has 0 bridgehead atoms. The Bertz CT molecular complexity index is 1850. The molecule has 1 aliphatic heterocycles. The SMILES string of the molecule is CCC(O)(CCn1ccnn1)Cn1c(C#N)cc2c(C)c(CN3CCC(Nc4ncnc5sc(CC(F)(F)F)cc45)CC3)ccc21. The van der Waals surface area contributed by atoms with Crippen LogP contribution in [0, 0.1) is 18.3 Å². The number of alkyl halides is 3. The summed E-state index contributed by atoms with van der Waals surface area (Å²) in [5, 5.41) is 34.4. The average molecular weight is 652 g/mol. The molecule has 5 heterocycles. The maximum absolute atomic E-state index is 12.9. The fraction of sp³-hybridized carbons (Fsp3) is 0.469. The Hall–Kier alpha value is -4.06. The number of thiophene rings is 1. The fourth-order valence-electron chi connectivity index (χ4n) is 6.27. The highest BCUT2D eigenvalue weighted by Gasteiger charge is 2.30. The Morgan fingerprint density at radius 3 is 2.65 bits per heavy atom. The summed E-state index contributed by atoms with van der Waals surface area (Å²) >= 11 is 1.06. The number of nitrogens with zero attached hydrogens (tertiary/aromatic N) is 8. The molecular formula is C32H36F3N9OS. The highest BCUT2D eigenvalue weighted by atomic mass is 32.1. The van der Waals surface area contributed by atoms with Crippen LogP contribution in [0.2, 0.25) is 0 Å². The number of likely N-dealkylation sites (tertiary alicyclic amines) is 1. The van der Waals surface area contributed by atoms with E-state index >= 15 is 0 Å². The molecule has 0 radical (unpaired) electrons. The van der Waals surface area contributed by atoms with E-state index in [0.717, 1.165) is 60.3 Å². The number of piperidine rings is 1. The van der Waals surface area contributed by atoms with E-state index in [2.05, 4.69) is 55.6 Å². The van der Waals surface area contributed by atoms with E-state index in [9.17, 15) is 23.5 Å². The predicted molar refractivity (Wildman–Crippen MR) is 170 cm³/mol. The van der Waals surface area contributed by atoms with Crippen molar-refractivity contribution in [3.8, 4) is 6.07 Å². The molecule has 0 aliphatic carbocycles. The second-order valence-corrected chi connectivity index (χ2v) is 13.3. The Kier molecular flexibility index (Phi) is 9.00. The first kappa shape index (κ1) is 31.9. The van der Waals surface area contributed by atoms with Crippen molar-refractivity contribution in [1.82, 2.24) is 34.4 Å². The van der Waals surface area contributed by atoms with Gasteiger partial charge >= 0.3 is 6.18 Å². The number of nitriles is 1. The predicted octanol–water partition coefficient (Wildman–Crippen LogP) is 5.83. The summed E-state index contributed by atoms with van der Waals surface area (Å²) in [6, 6.07) is 10.1. The quantitative estimate of drug-likeness (QED) is 0.183. The Balaban J connectivity index is 1.11. The molecule has 5 aromatic rings. The monoisotopic (exact) mass is 651 g/mol. The summed E-state index contributed by atoms with van der Waals surface area (Å²) in [5.74, 6) is 0.584. The number of hydrogen-bond donors (Lipinski definition) is 2. The van der Waals surface area contributed by atoms with Crippen LogP contribution in [0.3, 0.4) is 0 Å². The minimum Gasteiger partial charge on any atom is -0.388 e. The first-order valence-corrected chi connectivity index (χ1v) is 16.2. The van der Waals surface area contributed by atoms with Gasteiger partial charge in [0.1, 0.15) is 28.7 Å². The zero-order valence-electron chi connectivity index (χ0n) is 25.8. The number of anilines is 1. The number of hydrogen-bond acceptors (Lipinski definition) is 9. The normalized spacial score (nSPS) is 16.2. The van der Waals surface area contributed by atoms with Crippen LogP contribution in [-0.2, 0) is 26.1 Å². The van der Waals surface area contributed by atoms with Gasteiger partial charge in [-0.3, -0.25) is 9.58 Å². The second kappa shape index (κ2) is 13.0. The van der Waals surface area contributed by atoms with E-state index < -0.39 is 18.2 Å². The smallest absolute Gasteiger partial charge is 0.388 e. The van der Waals surface area contributed by atoms with Crippen LogP contribution < -0.4 is 5.32 Å². The van der Waals surface area contributed by atoms with E-state index in [1.807, 2.05) is 17.6 Å². The fourth-order valence-corrected chi connectivity index (χ4v) is 7.29. The summed E-state index contributed by atoms with van der Waals surface area (Å²) in [7, 11) is 0. The Labute approximate surface area is 268 Å². The summed E-state index contributed by atoms with van der Waals surface area (Å²) < 4.78 is 42.4. The second-order valence-electron chi connectivity index (χ2n) is 12.1. The van der Waals surface area contributed by atoms with Gasteiger partial charge < -0.3 is 15.0 Å². The van der Waals surface area contributed by atoms with E-state index in [-0.39, 0.29) is 10.9 Å².